The summed E-state index contributed by atoms with van der Waals surface area (Å²) in [6, 6.07) is 8.01. The summed E-state index contributed by atoms with van der Waals surface area (Å²) in [6.45, 7) is 2.11. The van der Waals surface area contributed by atoms with Crippen LogP contribution in [0, 0.1) is 0 Å². The topological polar surface area (TPSA) is 29.1 Å². The van der Waals surface area contributed by atoms with Gasteiger partial charge in [0.1, 0.15) is 0 Å². The number of carbonyl (C=O) groups excluding carboxylic acids is 1. The van der Waals surface area contributed by atoms with Crippen LogP contribution in [-0.4, -0.2) is 11.2 Å². The molecule has 0 fully saturated rings. The monoisotopic (exact) mass is 283 g/mol. The zero-order valence-corrected chi connectivity index (χ0v) is 11.2. The molecule has 0 radical (unpaired) electrons. The molecule has 1 aromatic carbocycles. The molecule has 88 valence electrons. The number of alkyl halides is 1. The second-order valence-electron chi connectivity index (χ2n) is 3.75. The van der Waals surface area contributed by atoms with Gasteiger partial charge in [-0.1, -0.05) is 35.0 Å². The van der Waals surface area contributed by atoms with E-state index in [0.717, 1.165) is 30.3 Å². The minimum absolute atomic E-state index is 0.106. The second kappa shape index (κ2) is 7.44. The molecule has 1 amide bonds. The molecule has 16 heavy (non-hydrogen) atoms. The van der Waals surface area contributed by atoms with Crippen molar-refractivity contribution in [2.45, 2.75) is 32.6 Å². The Kier molecular flexibility index (Phi) is 6.16. The molecule has 3 heteroatoms. The predicted molar refractivity (Wildman–Crippen MR) is 72.1 cm³/mol. The molecule has 0 bridgehead atoms. The molecule has 0 aliphatic carbocycles. The van der Waals surface area contributed by atoms with Gasteiger partial charge in [-0.25, -0.2) is 0 Å². The molecule has 0 saturated carbocycles. The number of hydrogen-bond donors (Lipinski definition) is 1. The fourth-order valence-corrected chi connectivity index (χ4v) is 1.87. The number of aryl methyl sites for hydroxylation is 1. The van der Waals surface area contributed by atoms with Gasteiger partial charge in [0.2, 0.25) is 5.91 Å². The summed E-state index contributed by atoms with van der Waals surface area (Å²) in [5, 5.41) is 3.89. The van der Waals surface area contributed by atoms with Crippen molar-refractivity contribution in [2.75, 3.05) is 10.6 Å². The minimum Gasteiger partial charge on any atom is -0.326 e. The van der Waals surface area contributed by atoms with Crippen LogP contribution < -0.4 is 5.32 Å². The van der Waals surface area contributed by atoms with Crippen molar-refractivity contribution in [3.8, 4) is 0 Å². The van der Waals surface area contributed by atoms with E-state index in [-0.39, 0.29) is 5.91 Å². The molecule has 0 unspecified atom stereocenters. The lowest BCUT2D eigenvalue weighted by atomic mass is 10.1. The molecule has 0 saturated heterocycles. The van der Waals surface area contributed by atoms with Gasteiger partial charge in [0.15, 0.2) is 0 Å². The van der Waals surface area contributed by atoms with Crippen LogP contribution in [0.1, 0.15) is 31.7 Å². The molecule has 1 N–H and O–H groups in total. The highest BCUT2D eigenvalue weighted by molar-refractivity contribution is 9.09. The fourth-order valence-electron chi connectivity index (χ4n) is 1.47. The molecule has 1 aromatic rings. The lowest BCUT2D eigenvalue weighted by Gasteiger charge is -2.06. The van der Waals surface area contributed by atoms with Gasteiger partial charge in [-0.3, -0.25) is 4.79 Å². The molecule has 0 aromatic heterocycles. The van der Waals surface area contributed by atoms with Gasteiger partial charge >= 0.3 is 0 Å². The Bertz CT molecular complexity index is 338. The van der Waals surface area contributed by atoms with Crippen molar-refractivity contribution >= 4 is 27.5 Å². The number of anilines is 1. The first-order chi connectivity index (χ1) is 7.76. The van der Waals surface area contributed by atoms with Crippen LogP contribution in [0.15, 0.2) is 24.3 Å². The van der Waals surface area contributed by atoms with Crippen LogP contribution in [0.5, 0.6) is 0 Å². The first-order valence-corrected chi connectivity index (χ1v) is 6.83. The highest BCUT2D eigenvalue weighted by Gasteiger charge is 2.02. The maximum absolute atomic E-state index is 11.6. The third-order valence-corrected chi connectivity index (χ3v) is 2.97. The predicted octanol–water partition coefficient (Wildman–Crippen LogP) is 3.75. The fraction of sp³-hybridized carbons (Fsp3) is 0.462. The van der Waals surface area contributed by atoms with Crippen molar-refractivity contribution < 1.29 is 4.79 Å². The lowest BCUT2D eigenvalue weighted by molar-refractivity contribution is -0.116. The van der Waals surface area contributed by atoms with E-state index in [2.05, 4.69) is 34.2 Å². The van der Waals surface area contributed by atoms with E-state index in [1.54, 1.807) is 0 Å². The summed E-state index contributed by atoms with van der Waals surface area (Å²) < 4.78 is 0. The van der Waals surface area contributed by atoms with Gasteiger partial charge in [0.05, 0.1) is 0 Å². The number of carbonyl (C=O) groups is 1. The molecule has 0 atom stereocenters. The third kappa shape index (κ3) is 4.79. The molecule has 0 spiro atoms. The quantitative estimate of drug-likeness (QED) is 0.625. The Balaban J connectivity index is 2.43. The van der Waals surface area contributed by atoms with E-state index in [1.165, 1.54) is 5.56 Å². The first kappa shape index (κ1) is 13.2. The number of nitrogens with one attached hydrogen (secondary N) is 1. The van der Waals surface area contributed by atoms with Gasteiger partial charge in [-0.05, 0) is 37.0 Å². The average molecular weight is 284 g/mol. The van der Waals surface area contributed by atoms with Gasteiger partial charge in [-0.2, -0.15) is 0 Å². The Morgan fingerprint density at radius 1 is 1.38 bits per heavy atom. The van der Waals surface area contributed by atoms with Crippen molar-refractivity contribution in [1.82, 2.24) is 0 Å². The summed E-state index contributed by atoms with van der Waals surface area (Å²) in [5.41, 5.74) is 2.15. The maximum atomic E-state index is 11.6. The van der Waals surface area contributed by atoms with Gasteiger partial charge in [0, 0.05) is 17.4 Å². The summed E-state index contributed by atoms with van der Waals surface area (Å²) in [4.78, 5) is 11.6. The summed E-state index contributed by atoms with van der Waals surface area (Å²) in [5.74, 6) is 0.106. The van der Waals surface area contributed by atoms with Crippen molar-refractivity contribution in [3.63, 3.8) is 0 Å². The van der Waals surface area contributed by atoms with Crippen LogP contribution >= 0.6 is 15.9 Å². The summed E-state index contributed by atoms with van der Waals surface area (Å²) >= 11 is 3.35. The first-order valence-electron chi connectivity index (χ1n) is 5.71. The lowest BCUT2D eigenvalue weighted by Crippen LogP contribution is -2.11. The number of halogens is 1. The number of hydrogen-bond acceptors (Lipinski definition) is 1. The van der Waals surface area contributed by atoms with Crippen molar-refractivity contribution in [1.29, 1.82) is 0 Å². The largest absolute Gasteiger partial charge is 0.326 e. The molecule has 1 rings (SSSR count). The van der Waals surface area contributed by atoms with Crippen LogP contribution in [-0.2, 0) is 11.2 Å². The highest BCUT2D eigenvalue weighted by atomic mass is 79.9. The molecule has 0 aliphatic heterocycles. The van der Waals surface area contributed by atoms with E-state index in [9.17, 15) is 4.79 Å². The van der Waals surface area contributed by atoms with Gasteiger partial charge < -0.3 is 5.32 Å². The maximum Gasteiger partial charge on any atom is 0.224 e. The molecule has 2 nitrogen and oxygen atoms in total. The Morgan fingerprint density at radius 2 is 2.19 bits per heavy atom. The van der Waals surface area contributed by atoms with Crippen LogP contribution in [0.4, 0.5) is 5.69 Å². The SMILES string of the molecule is CCc1cccc(NC(=O)CCCCBr)c1. The highest BCUT2D eigenvalue weighted by Crippen LogP contribution is 2.12. The van der Waals surface area contributed by atoms with E-state index in [1.807, 2.05) is 18.2 Å². The van der Waals surface area contributed by atoms with Gasteiger partial charge in [0.25, 0.3) is 0 Å². The number of unbranched alkanes of at least 4 members (excludes halogenated alkanes) is 1. The zero-order chi connectivity index (χ0) is 11.8. The molecule has 0 aliphatic rings. The Hall–Kier alpha value is -0.830. The number of benzene rings is 1. The average Bonchev–Trinajstić information content (AvgIpc) is 2.29. The zero-order valence-electron chi connectivity index (χ0n) is 9.63. The summed E-state index contributed by atoms with van der Waals surface area (Å²) in [7, 11) is 0. The van der Waals surface area contributed by atoms with Crippen molar-refractivity contribution in [2.24, 2.45) is 0 Å². The van der Waals surface area contributed by atoms with Gasteiger partial charge in [-0.15, -0.1) is 0 Å². The minimum atomic E-state index is 0.106. The Morgan fingerprint density at radius 3 is 2.88 bits per heavy atom. The van der Waals surface area contributed by atoms with Crippen LogP contribution in [0.25, 0.3) is 0 Å². The summed E-state index contributed by atoms with van der Waals surface area (Å²) in [6.07, 6.45) is 3.57. The third-order valence-electron chi connectivity index (χ3n) is 2.41. The van der Waals surface area contributed by atoms with E-state index < -0.39 is 0 Å². The van der Waals surface area contributed by atoms with E-state index in [0.29, 0.717) is 6.42 Å². The molecule has 0 heterocycles. The molecular weight excluding hydrogens is 266 g/mol. The normalized spacial score (nSPS) is 10.1. The van der Waals surface area contributed by atoms with Crippen LogP contribution in [0.3, 0.4) is 0 Å². The van der Waals surface area contributed by atoms with E-state index in [4.69, 9.17) is 0 Å². The number of rotatable bonds is 6. The second-order valence-corrected chi connectivity index (χ2v) is 4.54. The van der Waals surface area contributed by atoms with Crippen LogP contribution in [0.2, 0.25) is 0 Å². The smallest absolute Gasteiger partial charge is 0.224 e. The molecular formula is C13H18BrNO. The number of amides is 1. The standard InChI is InChI=1S/C13H18BrNO/c1-2-11-6-5-7-12(10-11)15-13(16)8-3-4-9-14/h5-7,10H,2-4,8-9H2,1H3,(H,15,16). The van der Waals surface area contributed by atoms with Crippen molar-refractivity contribution in [3.05, 3.63) is 29.8 Å². The van der Waals surface area contributed by atoms with E-state index >= 15 is 0 Å². The Labute approximate surface area is 106 Å².